The molecule has 0 heterocycles. The van der Waals surface area contributed by atoms with Crippen molar-refractivity contribution in [1.29, 1.82) is 0 Å². The average molecular weight is 274 g/mol. The third kappa shape index (κ3) is 5.59. The van der Waals surface area contributed by atoms with Crippen LogP contribution in [0.15, 0.2) is 10.3 Å². The molecule has 0 atom stereocenters. The zero-order chi connectivity index (χ0) is 14.4. The van der Waals surface area contributed by atoms with E-state index in [9.17, 15) is 4.79 Å². The van der Waals surface area contributed by atoms with Crippen molar-refractivity contribution < 1.29 is 9.22 Å². The second-order valence-corrected chi connectivity index (χ2v) is 10.5. The number of amides is 2. The van der Waals surface area contributed by atoms with Gasteiger partial charge in [-0.25, -0.2) is 9.80 Å². The quantitative estimate of drug-likeness (QED) is 0.362. The minimum Gasteiger partial charge on any atom is -0.415 e. The lowest BCUT2D eigenvalue weighted by molar-refractivity contribution is 0.208. The van der Waals surface area contributed by atoms with Crippen molar-refractivity contribution in [3.63, 3.8) is 0 Å². The van der Waals surface area contributed by atoms with Gasteiger partial charge in [0.15, 0.2) is 8.32 Å². The van der Waals surface area contributed by atoms with Crippen molar-refractivity contribution in [2.24, 2.45) is 10.3 Å². The van der Waals surface area contributed by atoms with E-state index in [1.165, 1.54) is 0 Å². The molecule has 0 rings (SSSR count). The first-order valence-corrected chi connectivity index (χ1v) is 8.99. The van der Waals surface area contributed by atoms with Gasteiger partial charge in [-0.2, -0.15) is 5.11 Å². The van der Waals surface area contributed by atoms with Crippen molar-refractivity contribution in [3.05, 3.63) is 0 Å². The number of hydrogen-bond acceptors (Lipinski definition) is 4. The Bertz CT molecular complexity index is 300. The summed E-state index contributed by atoms with van der Waals surface area (Å²) >= 11 is 0. The fourth-order valence-electron chi connectivity index (χ4n) is 0.900. The number of carbonyl (C=O) groups excluding carboxylic acids is 1. The Morgan fingerprint density at radius 2 is 1.94 bits per heavy atom. The molecule has 0 aromatic carbocycles. The molecule has 18 heavy (non-hydrogen) atoms. The van der Waals surface area contributed by atoms with Gasteiger partial charge in [-0.15, -0.1) is 0 Å². The minimum atomic E-state index is -1.71. The van der Waals surface area contributed by atoms with Gasteiger partial charge in [-0.1, -0.05) is 26.0 Å². The Hall–Kier alpha value is -0.953. The first kappa shape index (κ1) is 17.0. The van der Waals surface area contributed by atoms with Crippen LogP contribution in [0.25, 0.3) is 0 Å². The highest BCUT2D eigenvalue weighted by atomic mass is 28.4. The van der Waals surface area contributed by atoms with Gasteiger partial charge in [-0.3, -0.25) is 0 Å². The second-order valence-electron chi connectivity index (χ2n) is 5.64. The van der Waals surface area contributed by atoms with Crippen molar-refractivity contribution in [2.45, 2.75) is 38.9 Å². The number of rotatable bonds is 5. The highest BCUT2D eigenvalue weighted by Crippen LogP contribution is 2.36. The molecule has 0 saturated heterocycles. The first-order valence-electron chi connectivity index (χ1n) is 6.08. The maximum Gasteiger partial charge on any atom is 0.338 e. The van der Waals surface area contributed by atoms with E-state index in [-0.39, 0.29) is 11.1 Å². The summed E-state index contributed by atoms with van der Waals surface area (Å²) in [7, 11) is 1.40. The summed E-state index contributed by atoms with van der Waals surface area (Å²) in [5.74, 6) is 0. The van der Waals surface area contributed by atoms with Gasteiger partial charge < -0.3 is 9.74 Å². The summed E-state index contributed by atoms with van der Waals surface area (Å²) < 4.78 is 5.93. The molecule has 2 amide bonds. The predicted molar refractivity (Wildman–Crippen MR) is 75.1 cm³/mol. The van der Waals surface area contributed by atoms with Crippen LogP contribution in [0.1, 0.15) is 20.8 Å². The molecule has 106 valence electrons. The summed E-state index contributed by atoms with van der Waals surface area (Å²) in [4.78, 5) is 11.1. The molecule has 6 nitrogen and oxygen atoms in total. The number of carbonyl (C=O) groups is 1. The van der Waals surface area contributed by atoms with Crippen molar-refractivity contribution in [1.82, 2.24) is 10.3 Å². The molecule has 0 saturated carbocycles. The molecule has 7 heteroatoms. The van der Waals surface area contributed by atoms with Crippen LogP contribution >= 0.6 is 0 Å². The maximum absolute atomic E-state index is 11.1. The van der Waals surface area contributed by atoms with E-state index < -0.39 is 8.32 Å². The monoisotopic (exact) mass is 274 g/mol. The van der Waals surface area contributed by atoms with Crippen LogP contribution in [0.2, 0.25) is 18.1 Å². The lowest BCUT2D eigenvalue weighted by Crippen LogP contribution is -2.41. The molecule has 0 aromatic heterocycles. The summed E-state index contributed by atoms with van der Waals surface area (Å²) in [6.07, 6.45) is 0. The van der Waals surface area contributed by atoms with Gasteiger partial charge in [0.05, 0.1) is 13.2 Å². The van der Waals surface area contributed by atoms with Crippen LogP contribution < -0.4 is 5.32 Å². The summed E-state index contributed by atoms with van der Waals surface area (Å²) in [5, 5.41) is 11.5. The molecule has 0 fully saturated rings. The third-order valence-corrected chi connectivity index (χ3v) is 7.70. The summed E-state index contributed by atoms with van der Waals surface area (Å²) in [6.45, 7) is 12.0. The zero-order valence-electron chi connectivity index (χ0n) is 12.6. The Labute approximate surface area is 111 Å². The summed E-state index contributed by atoms with van der Waals surface area (Å²) in [6, 6.07) is -0.288. The molecule has 0 aliphatic heterocycles. The van der Waals surface area contributed by atoms with E-state index in [1.54, 1.807) is 14.1 Å². The molecule has 1 N–H and O–H groups in total. The molecule has 0 spiro atoms. The van der Waals surface area contributed by atoms with Gasteiger partial charge in [0.25, 0.3) is 0 Å². The third-order valence-electron chi connectivity index (χ3n) is 3.17. The Kier molecular flexibility index (Phi) is 6.48. The fourth-order valence-corrected chi connectivity index (χ4v) is 1.93. The van der Waals surface area contributed by atoms with Crippen LogP contribution in [0, 0.1) is 0 Å². The minimum absolute atomic E-state index is 0.197. The van der Waals surface area contributed by atoms with E-state index >= 15 is 0 Å². The standard InChI is InChI=1S/C11H26N4O2Si/c1-11(2,3)18(6,7)17-9-8-13-14-15(5)10(16)12-4/h8-9H2,1-7H3,(H,12,16)/b14-13-. The van der Waals surface area contributed by atoms with Crippen LogP contribution in [0.5, 0.6) is 0 Å². The number of hydrogen-bond donors (Lipinski definition) is 1. The SMILES string of the molecule is CNC(=O)N(C)/N=N\CCO[Si](C)(C)C(C)(C)C. The van der Waals surface area contributed by atoms with Gasteiger partial charge in [-0.05, 0) is 18.1 Å². The van der Waals surface area contributed by atoms with Crippen LogP contribution in [0.3, 0.4) is 0 Å². The maximum atomic E-state index is 11.1. The lowest BCUT2D eigenvalue weighted by atomic mass is 10.2. The Balaban J connectivity index is 4.01. The Morgan fingerprint density at radius 1 is 1.39 bits per heavy atom. The molecular weight excluding hydrogens is 248 g/mol. The smallest absolute Gasteiger partial charge is 0.338 e. The first-order chi connectivity index (χ1) is 8.12. The van der Waals surface area contributed by atoms with E-state index in [1.807, 2.05) is 0 Å². The van der Waals surface area contributed by atoms with Gasteiger partial charge >= 0.3 is 6.03 Å². The Morgan fingerprint density at radius 3 is 2.39 bits per heavy atom. The molecule has 0 unspecified atom stereocenters. The van der Waals surface area contributed by atoms with Gasteiger partial charge in [0.1, 0.15) is 0 Å². The van der Waals surface area contributed by atoms with Crippen molar-refractivity contribution in [3.8, 4) is 0 Å². The highest BCUT2D eigenvalue weighted by molar-refractivity contribution is 6.74. The van der Waals surface area contributed by atoms with Crippen LogP contribution in [-0.4, -0.2) is 46.6 Å². The average Bonchev–Trinajstić information content (AvgIpc) is 2.25. The van der Waals surface area contributed by atoms with E-state index in [2.05, 4.69) is 49.5 Å². The zero-order valence-corrected chi connectivity index (χ0v) is 13.6. The molecule has 0 aromatic rings. The topological polar surface area (TPSA) is 66.3 Å². The predicted octanol–water partition coefficient (Wildman–Crippen LogP) is 2.65. The second kappa shape index (κ2) is 6.84. The largest absolute Gasteiger partial charge is 0.415 e. The number of nitrogens with zero attached hydrogens (tertiary/aromatic N) is 3. The van der Waals surface area contributed by atoms with Crippen LogP contribution in [0.4, 0.5) is 4.79 Å². The highest BCUT2D eigenvalue weighted by Gasteiger charge is 2.36. The number of nitrogens with one attached hydrogen (secondary N) is 1. The summed E-state index contributed by atoms with van der Waals surface area (Å²) in [5.41, 5.74) is 0. The molecule has 0 radical (unpaired) electrons. The lowest BCUT2D eigenvalue weighted by Gasteiger charge is -2.35. The van der Waals surface area contributed by atoms with E-state index in [4.69, 9.17) is 4.43 Å². The molecule has 0 bridgehead atoms. The van der Waals surface area contributed by atoms with Crippen molar-refractivity contribution >= 4 is 14.3 Å². The normalized spacial score (nSPS) is 12.8. The molecule has 0 aliphatic carbocycles. The fraction of sp³-hybridized carbons (Fsp3) is 0.909. The van der Waals surface area contributed by atoms with Crippen LogP contribution in [-0.2, 0) is 4.43 Å². The number of urea groups is 1. The van der Waals surface area contributed by atoms with Gasteiger partial charge in [0, 0.05) is 14.1 Å². The van der Waals surface area contributed by atoms with Crippen molar-refractivity contribution in [2.75, 3.05) is 27.2 Å². The molecule has 0 aliphatic rings. The van der Waals surface area contributed by atoms with E-state index in [0.717, 1.165) is 5.01 Å². The molecular formula is C11H26N4O2Si. The van der Waals surface area contributed by atoms with E-state index in [0.29, 0.717) is 13.2 Å². The van der Waals surface area contributed by atoms with Gasteiger partial charge in [0.2, 0.25) is 0 Å².